The molecule has 0 atom stereocenters. The topological polar surface area (TPSA) is 62.2 Å². The molecule has 1 saturated carbocycles. The second-order valence-corrected chi connectivity index (χ2v) is 5.94. The number of aliphatic hydroxyl groups excluding tert-OH is 1. The predicted octanol–water partition coefficient (Wildman–Crippen LogP) is 2.13. The van der Waals surface area contributed by atoms with E-state index in [1.54, 1.807) is 18.5 Å². The van der Waals surface area contributed by atoms with Crippen molar-refractivity contribution in [3.63, 3.8) is 0 Å². The number of hydrogen-bond acceptors (Lipinski definition) is 3. The van der Waals surface area contributed by atoms with Crippen LogP contribution in [0.15, 0.2) is 18.5 Å². The molecular weight excluding hydrogens is 264 g/mol. The van der Waals surface area contributed by atoms with Crippen LogP contribution in [0.5, 0.6) is 0 Å². The number of aromatic nitrogens is 1. The van der Waals surface area contributed by atoms with E-state index in [9.17, 15) is 4.79 Å². The molecule has 0 bridgehead atoms. The Morgan fingerprint density at radius 2 is 2.19 bits per heavy atom. The highest BCUT2D eigenvalue weighted by molar-refractivity contribution is 5.94. The van der Waals surface area contributed by atoms with Gasteiger partial charge in [0, 0.05) is 30.9 Å². The summed E-state index contributed by atoms with van der Waals surface area (Å²) in [6.45, 7) is 2.99. The summed E-state index contributed by atoms with van der Waals surface area (Å²) in [5, 5.41) is 11.7. The second kappa shape index (κ2) is 7.24. The normalized spacial score (nSPS) is 16.1. The number of nitrogens with zero attached hydrogens (tertiary/aromatic N) is 1. The maximum absolute atomic E-state index is 12.2. The van der Waals surface area contributed by atoms with Gasteiger partial charge in [-0.3, -0.25) is 9.78 Å². The third-order valence-electron chi connectivity index (χ3n) is 3.96. The molecule has 1 aromatic rings. The van der Waals surface area contributed by atoms with Gasteiger partial charge in [-0.2, -0.15) is 0 Å². The first kappa shape index (κ1) is 15.5. The highest BCUT2D eigenvalue weighted by Gasteiger charge is 2.28. The van der Waals surface area contributed by atoms with E-state index < -0.39 is 0 Å². The molecule has 2 N–H and O–H groups in total. The quantitative estimate of drug-likeness (QED) is 0.833. The third kappa shape index (κ3) is 4.57. The molecule has 0 radical (unpaired) electrons. The van der Waals surface area contributed by atoms with Crippen molar-refractivity contribution < 1.29 is 9.90 Å². The zero-order chi connectivity index (χ0) is 15.1. The molecule has 21 heavy (non-hydrogen) atoms. The summed E-state index contributed by atoms with van der Waals surface area (Å²) in [6.07, 6.45) is 8.47. The SMILES string of the molecule is CC1(CNC(=O)c2cncc(C#CCCO)c2)CCCC1. The lowest BCUT2D eigenvalue weighted by molar-refractivity contribution is 0.0934. The Morgan fingerprint density at radius 3 is 2.90 bits per heavy atom. The highest BCUT2D eigenvalue weighted by Crippen LogP contribution is 2.36. The summed E-state index contributed by atoms with van der Waals surface area (Å²) in [6, 6.07) is 1.74. The molecule has 4 heteroatoms. The summed E-state index contributed by atoms with van der Waals surface area (Å²) in [5.74, 6) is 5.63. The summed E-state index contributed by atoms with van der Waals surface area (Å²) >= 11 is 0. The average molecular weight is 286 g/mol. The fraction of sp³-hybridized carbons (Fsp3) is 0.529. The Balaban J connectivity index is 1.96. The fourth-order valence-corrected chi connectivity index (χ4v) is 2.65. The van der Waals surface area contributed by atoms with Crippen molar-refractivity contribution in [1.82, 2.24) is 10.3 Å². The van der Waals surface area contributed by atoms with Gasteiger partial charge >= 0.3 is 0 Å². The van der Waals surface area contributed by atoms with E-state index in [2.05, 4.69) is 29.1 Å². The van der Waals surface area contributed by atoms with Crippen LogP contribution in [0.25, 0.3) is 0 Å². The van der Waals surface area contributed by atoms with Crippen molar-refractivity contribution in [2.24, 2.45) is 5.41 Å². The lowest BCUT2D eigenvalue weighted by Crippen LogP contribution is -2.34. The minimum Gasteiger partial charge on any atom is -0.395 e. The summed E-state index contributed by atoms with van der Waals surface area (Å²) < 4.78 is 0. The van der Waals surface area contributed by atoms with E-state index in [0.29, 0.717) is 24.1 Å². The van der Waals surface area contributed by atoms with Gasteiger partial charge < -0.3 is 10.4 Å². The van der Waals surface area contributed by atoms with Crippen LogP contribution < -0.4 is 5.32 Å². The van der Waals surface area contributed by atoms with Gasteiger partial charge in [0.05, 0.1) is 12.2 Å². The van der Waals surface area contributed by atoms with Gasteiger partial charge in [0.2, 0.25) is 0 Å². The molecular formula is C17H22N2O2. The van der Waals surface area contributed by atoms with Gasteiger partial charge in [-0.1, -0.05) is 31.6 Å². The van der Waals surface area contributed by atoms with E-state index in [-0.39, 0.29) is 17.9 Å². The number of rotatable bonds is 4. The van der Waals surface area contributed by atoms with E-state index in [1.807, 2.05) is 0 Å². The van der Waals surface area contributed by atoms with Crippen molar-refractivity contribution in [1.29, 1.82) is 0 Å². The first-order valence-electron chi connectivity index (χ1n) is 7.46. The Morgan fingerprint density at radius 1 is 1.43 bits per heavy atom. The first-order chi connectivity index (χ1) is 10.1. The van der Waals surface area contributed by atoms with E-state index in [1.165, 1.54) is 25.7 Å². The number of carbonyl (C=O) groups excluding carboxylic acids is 1. The van der Waals surface area contributed by atoms with Crippen molar-refractivity contribution in [3.05, 3.63) is 29.6 Å². The Bertz CT molecular complexity index is 551. The monoisotopic (exact) mass is 286 g/mol. The van der Waals surface area contributed by atoms with Crippen LogP contribution in [-0.2, 0) is 0 Å². The zero-order valence-electron chi connectivity index (χ0n) is 12.5. The second-order valence-electron chi connectivity index (χ2n) is 5.94. The highest BCUT2D eigenvalue weighted by atomic mass is 16.2. The molecule has 1 heterocycles. The summed E-state index contributed by atoms with van der Waals surface area (Å²) in [7, 11) is 0. The standard InChI is InChI=1S/C17H22N2O2/c1-17(7-3-4-8-17)13-19-16(21)15-10-14(11-18-12-15)6-2-5-9-20/h10-12,20H,3-5,7-9,13H2,1H3,(H,19,21). The molecule has 4 nitrogen and oxygen atoms in total. The van der Waals surface area contributed by atoms with Crippen LogP contribution in [-0.4, -0.2) is 29.1 Å². The molecule has 0 unspecified atom stereocenters. The lowest BCUT2D eigenvalue weighted by Gasteiger charge is -2.23. The van der Waals surface area contributed by atoms with Crippen LogP contribution in [0, 0.1) is 17.3 Å². The number of nitrogens with one attached hydrogen (secondary N) is 1. The fourth-order valence-electron chi connectivity index (χ4n) is 2.65. The van der Waals surface area contributed by atoms with Crippen molar-refractivity contribution in [2.75, 3.05) is 13.2 Å². The molecule has 1 aromatic heterocycles. The number of amides is 1. The summed E-state index contributed by atoms with van der Waals surface area (Å²) in [5.41, 5.74) is 1.47. The van der Waals surface area contributed by atoms with E-state index >= 15 is 0 Å². The van der Waals surface area contributed by atoms with Crippen molar-refractivity contribution in [2.45, 2.75) is 39.0 Å². The van der Waals surface area contributed by atoms with Gasteiger partial charge in [-0.25, -0.2) is 0 Å². The minimum absolute atomic E-state index is 0.0409. The molecule has 1 amide bonds. The molecule has 2 rings (SSSR count). The van der Waals surface area contributed by atoms with Gasteiger partial charge in [-0.15, -0.1) is 0 Å². The molecule has 1 fully saturated rings. The zero-order valence-corrected chi connectivity index (χ0v) is 12.5. The average Bonchev–Trinajstić information content (AvgIpc) is 2.93. The predicted molar refractivity (Wildman–Crippen MR) is 81.7 cm³/mol. The van der Waals surface area contributed by atoms with Gasteiger partial charge in [-0.05, 0) is 24.3 Å². The van der Waals surface area contributed by atoms with Crippen LogP contribution in [0.3, 0.4) is 0 Å². The molecule has 1 aliphatic carbocycles. The molecule has 0 saturated heterocycles. The van der Waals surface area contributed by atoms with Gasteiger partial charge in [0.15, 0.2) is 0 Å². The molecule has 112 valence electrons. The minimum atomic E-state index is -0.0959. The van der Waals surface area contributed by atoms with Crippen molar-refractivity contribution in [3.8, 4) is 11.8 Å². The Hall–Kier alpha value is -1.86. The number of carbonyl (C=O) groups is 1. The number of aliphatic hydroxyl groups is 1. The first-order valence-corrected chi connectivity index (χ1v) is 7.46. The lowest BCUT2D eigenvalue weighted by atomic mass is 9.89. The van der Waals surface area contributed by atoms with Crippen LogP contribution in [0.1, 0.15) is 54.9 Å². The largest absolute Gasteiger partial charge is 0.395 e. The van der Waals surface area contributed by atoms with Crippen LogP contribution in [0.4, 0.5) is 0 Å². The maximum Gasteiger partial charge on any atom is 0.252 e. The maximum atomic E-state index is 12.2. The Labute approximate surface area is 126 Å². The van der Waals surface area contributed by atoms with E-state index in [0.717, 1.165) is 0 Å². The summed E-state index contributed by atoms with van der Waals surface area (Å²) in [4.78, 5) is 16.2. The van der Waals surface area contributed by atoms with Crippen LogP contribution in [0.2, 0.25) is 0 Å². The van der Waals surface area contributed by atoms with Crippen LogP contribution >= 0.6 is 0 Å². The third-order valence-corrected chi connectivity index (χ3v) is 3.96. The van der Waals surface area contributed by atoms with Gasteiger partial charge in [0.1, 0.15) is 0 Å². The molecule has 0 aliphatic heterocycles. The van der Waals surface area contributed by atoms with E-state index in [4.69, 9.17) is 5.11 Å². The molecule has 1 aliphatic rings. The molecule has 0 spiro atoms. The van der Waals surface area contributed by atoms with Crippen molar-refractivity contribution >= 4 is 5.91 Å². The smallest absolute Gasteiger partial charge is 0.252 e. The van der Waals surface area contributed by atoms with Gasteiger partial charge in [0.25, 0.3) is 5.91 Å². The Kier molecular flexibility index (Phi) is 5.35. The number of pyridine rings is 1. The number of hydrogen-bond donors (Lipinski definition) is 2. The molecule has 0 aromatic carbocycles.